The smallest absolute Gasteiger partial charge is 0.239 e. The lowest BCUT2D eigenvalue weighted by molar-refractivity contribution is 0.0884. The summed E-state index contributed by atoms with van der Waals surface area (Å²) in [4.78, 5) is 9.97. The number of anilines is 2. The molecule has 1 aromatic rings. The van der Waals surface area contributed by atoms with Gasteiger partial charge in [-0.2, -0.15) is 4.98 Å². The number of aromatic nitrogens is 2. The number of rotatable bonds is 4. The van der Waals surface area contributed by atoms with E-state index in [-0.39, 0.29) is 0 Å². The number of hydrazine groups is 1. The average molecular weight is 290 g/mol. The molecule has 0 unspecified atom stereocenters. The Labute approximate surface area is 103 Å². The molecule has 0 amide bonds. The molecule has 1 heterocycles. The Balaban J connectivity index is 2.93. The molecule has 90 valence electrons. The van der Waals surface area contributed by atoms with Crippen LogP contribution in [0.2, 0.25) is 0 Å². The maximum atomic E-state index is 9.73. The first-order chi connectivity index (χ1) is 7.33. The van der Waals surface area contributed by atoms with Crippen molar-refractivity contribution in [3.05, 3.63) is 10.7 Å². The fourth-order valence-electron chi connectivity index (χ4n) is 1.35. The second-order valence-electron chi connectivity index (χ2n) is 4.18. The fourth-order valence-corrected chi connectivity index (χ4v) is 1.84. The van der Waals surface area contributed by atoms with Gasteiger partial charge < -0.3 is 10.0 Å². The van der Waals surface area contributed by atoms with Crippen molar-refractivity contribution in [2.45, 2.75) is 19.4 Å². The normalized spacial score (nSPS) is 11.4. The lowest BCUT2D eigenvalue weighted by atomic mass is 10.1. The van der Waals surface area contributed by atoms with Crippen LogP contribution in [0.1, 0.15) is 13.8 Å². The second kappa shape index (κ2) is 4.94. The van der Waals surface area contributed by atoms with Crippen molar-refractivity contribution in [3.8, 4) is 0 Å². The van der Waals surface area contributed by atoms with Crippen LogP contribution in [0.15, 0.2) is 10.7 Å². The molecular weight excluding hydrogens is 274 g/mol. The van der Waals surface area contributed by atoms with E-state index in [4.69, 9.17) is 5.84 Å². The predicted octanol–water partition coefficient (Wildman–Crippen LogP) is 0.732. The molecule has 1 aromatic heterocycles. The first kappa shape index (κ1) is 13.1. The molecule has 6 nitrogen and oxygen atoms in total. The average Bonchev–Trinajstić information content (AvgIpc) is 2.15. The SMILES string of the molecule is CN(CC(C)(C)O)c1nc(NN)ncc1Br. The lowest BCUT2D eigenvalue weighted by Gasteiger charge is -2.27. The molecule has 16 heavy (non-hydrogen) atoms. The van der Waals surface area contributed by atoms with Gasteiger partial charge in [-0.3, -0.25) is 5.43 Å². The van der Waals surface area contributed by atoms with Crippen molar-refractivity contribution in [3.63, 3.8) is 0 Å². The molecular formula is C9H16BrN5O. The molecule has 0 spiro atoms. The van der Waals surface area contributed by atoms with Crippen LogP contribution in [-0.4, -0.2) is 34.3 Å². The zero-order valence-corrected chi connectivity index (χ0v) is 11.1. The van der Waals surface area contributed by atoms with Crippen LogP contribution in [0.4, 0.5) is 11.8 Å². The number of nitrogen functional groups attached to an aromatic ring is 1. The maximum absolute atomic E-state index is 9.73. The number of likely N-dealkylation sites (N-methyl/N-ethyl adjacent to an activating group) is 1. The van der Waals surface area contributed by atoms with Gasteiger partial charge in [0.25, 0.3) is 0 Å². The summed E-state index contributed by atoms with van der Waals surface area (Å²) in [6.45, 7) is 3.92. The molecule has 7 heteroatoms. The van der Waals surface area contributed by atoms with E-state index in [1.807, 2.05) is 11.9 Å². The predicted molar refractivity (Wildman–Crippen MR) is 67.1 cm³/mol. The number of nitrogens with two attached hydrogens (primary N) is 1. The molecule has 4 N–H and O–H groups in total. The molecule has 0 atom stereocenters. The van der Waals surface area contributed by atoms with Gasteiger partial charge in [0.1, 0.15) is 5.82 Å². The van der Waals surface area contributed by atoms with Gasteiger partial charge in [-0.25, -0.2) is 10.8 Å². The maximum Gasteiger partial charge on any atom is 0.239 e. The van der Waals surface area contributed by atoms with E-state index in [1.54, 1.807) is 20.0 Å². The minimum atomic E-state index is -0.796. The molecule has 0 saturated heterocycles. The summed E-state index contributed by atoms with van der Waals surface area (Å²) in [6.07, 6.45) is 1.61. The molecule has 0 aliphatic carbocycles. The first-order valence-corrected chi connectivity index (χ1v) is 5.55. The molecule has 0 aromatic carbocycles. The van der Waals surface area contributed by atoms with Gasteiger partial charge >= 0.3 is 0 Å². The first-order valence-electron chi connectivity index (χ1n) is 4.76. The highest BCUT2D eigenvalue weighted by molar-refractivity contribution is 9.10. The number of hydrogen-bond donors (Lipinski definition) is 3. The Bertz CT molecular complexity index is 365. The number of halogens is 1. The largest absolute Gasteiger partial charge is 0.389 e. The van der Waals surface area contributed by atoms with Gasteiger partial charge in [-0.05, 0) is 29.8 Å². The second-order valence-corrected chi connectivity index (χ2v) is 5.03. The third kappa shape index (κ3) is 3.58. The van der Waals surface area contributed by atoms with Crippen molar-refractivity contribution >= 4 is 27.7 Å². The van der Waals surface area contributed by atoms with Crippen LogP contribution in [0, 0.1) is 0 Å². The summed E-state index contributed by atoms with van der Waals surface area (Å²) < 4.78 is 0.748. The summed E-state index contributed by atoms with van der Waals surface area (Å²) in [7, 11) is 1.84. The zero-order chi connectivity index (χ0) is 12.3. The summed E-state index contributed by atoms with van der Waals surface area (Å²) in [5.41, 5.74) is 1.58. The molecule has 0 aliphatic rings. The molecule has 0 aliphatic heterocycles. The third-order valence-electron chi connectivity index (χ3n) is 1.84. The number of nitrogens with zero attached hydrogens (tertiary/aromatic N) is 3. The van der Waals surface area contributed by atoms with E-state index in [1.165, 1.54) is 0 Å². The molecule has 0 radical (unpaired) electrons. The van der Waals surface area contributed by atoms with Gasteiger partial charge in [0.05, 0.1) is 10.1 Å². The summed E-state index contributed by atoms with van der Waals surface area (Å²) >= 11 is 3.35. The van der Waals surface area contributed by atoms with Crippen LogP contribution in [0.3, 0.4) is 0 Å². The highest BCUT2D eigenvalue weighted by atomic mass is 79.9. The summed E-state index contributed by atoms with van der Waals surface area (Å²) in [5.74, 6) is 6.24. The Morgan fingerprint density at radius 3 is 2.75 bits per heavy atom. The van der Waals surface area contributed by atoms with Gasteiger partial charge in [0.15, 0.2) is 0 Å². The topological polar surface area (TPSA) is 87.3 Å². The summed E-state index contributed by atoms with van der Waals surface area (Å²) in [6, 6.07) is 0. The van der Waals surface area contributed by atoms with Crippen molar-refractivity contribution < 1.29 is 5.11 Å². The Morgan fingerprint density at radius 2 is 2.25 bits per heavy atom. The summed E-state index contributed by atoms with van der Waals surface area (Å²) in [5, 5.41) is 9.73. The fraction of sp³-hybridized carbons (Fsp3) is 0.556. The van der Waals surface area contributed by atoms with Crippen molar-refractivity contribution in [2.24, 2.45) is 5.84 Å². The minimum absolute atomic E-state index is 0.334. The van der Waals surface area contributed by atoms with Gasteiger partial charge in [0.2, 0.25) is 5.95 Å². The third-order valence-corrected chi connectivity index (χ3v) is 2.40. The Kier molecular flexibility index (Phi) is 4.06. The standard InChI is InChI=1S/C9H16BrN5O/c1-9(2,16)5-15(3)7-6(10)4-12-8(13-7)14-11/h4,16H,5,11H2,1-3H3,(H,12,13,14). The van der Waals surface area contributed by atoms with E-state index in [0.717, 1.165) is 4.47 Å². The Morgan fingerprint density at radius 1 is 1.62 bits per heavy atom. The van der Waals surface area contributed by atoms with E-state index in [0.29, 0.717) is 18.3 Å². The van der Waals surface area contributed by atoms with Crippen LogP contribution in [0.25, 0.3) is 0 Å². The number of aliphatic hydroxyl groups is 1. The number of nitrogens with one attached hydrogen (secondary N) is 1. The van der Waals surface area contributed by atoms with Gasteiger partial charge in [-0.1, -0.05) is 0 Å². The van der Waals surface area contributed by atoms with Crippen molar-refractivity contribution in [2.75, 3.05) is 23.9 Å². The molecule has 0 bridgehead atoms. The van der Waals surface area contributed by atoms with Crippen LogP contribution >= 0.6 is 15.9 Å². The van der Waals surface area contributed by atoms with E-state index >= 15 is 0 Å². The highest BCUT2D eigenvalue weighted by Crippen LogP contribution is 2.24. The zero-order valence-electron chi connectivity index (χ0n) is 9.53. The van der Waals surface area contributed by atoms with Crippen LogP contribution in [-0.2, 0) is 0 Å². The quantitative estimate of drug-likeness (QED) is 0.560. The van der Waals surface area contributed by atoms with E-state index in [2.05, 4.69) is 31.3 Å². The van der Waals surface area contributed by atoms with Crippen molar-refractivity contribution in [1.82, 2.24) is 9.97 Å². The van der Waals surface area contributed by atoms with Crippen LogP contribution < -0.4 is 16.2 Å². The lowest BCUT2D eigenvalue weighted by Crippen LogP contribution is -2.37. The van der Waals surface area contributed by atoms with Crippen LogP contribution in [0.5, 0.6) is 0 Å². The van der Waals surface area contributed by atoms with E-state index in [9.17, 15) is 5.11 Å². The van der Waals surface area contributed by atoms with E-state index < -0.39 is 5.60 Å². The molecule has 0 saturated carbocycles. The Hall–Kier alpha value is -0.920. The van der Waals surface area contributed by atoms with Gasteiger partial charge in [-0.15, -0.1) is 0 Å². The minimum Gasteiger partial charge on any atom is -0.389 e. The monoisotopic (exact) mass is 289 g/mol. The molecule has 1 rings (SSSR count). The highest BCUT2D eigenvalue weighted by Gasteiger charge is 2.18. The molecule has 0 fully saturated rings. The number of hydrogen-bond acceptors (Lipinski definition) is 6. The van der Waals surface area contributed by atoms with Crippen molar-refractivity contribution in [1.29, 1.82) is 0 Å². The van der Waals surface area contributed by atoms with Gasteiger partial charge in [0, 0.05) is 19.8 Å².